The average molecular weight is 430 g/mol. The summed E-state index contributed by atoms with van der Waals surface area (Å²) >= 11 is 0. The molecule has 0 radical (unpaired) electrons. The minimum Gasteiger partial charge on any atom is -0.375 e. The topological polar surface area (TPSA) is 101 Å². The van der Waals surface area contributed by atoms with Crippen LogP contribution >= 0.6 is 0 Å². The highest BCUT2D eigenvalue weighted by molar-refractivity contribution is 6.10. The summed E-state index contributed by atoms with van der Waals surface area (Å²) in [6.45, 7) is 2.14. The van der Waals surface area contributed by atoms with Gasteiger partial charge in [0.25, 0.3) is 11.6 Å². The van der Waals surface area contributed by atoms with E-state index in [4.69, 9.17) is 0 Å². The largest absolute Gasteiger partial charge is 0.375 e. The third-order valence-electron chi connectivity index (χ3n) is 5.83. The van der Waals surface area contributed by atoms with Gasteiger partial charge in [0.1, 0.15) is 0 Å². The van der Waals surface area contributed by atoms with Gasteiger partial charge in [0.15, 0.2) is 11.4 Å². The van der Waals surface area contributed by atoms with Crippen LogP contribution in [-0.2, 0) is 23.4 Å². The molecular weight excluding hydrogens is 408 g/mol. The molecule has 1 aliphatic heterocycles. The molecule has 1 N–H and O–H groups in total. The number of ketones is 1. The number of nitrogens with zero attached hydrogens (tertiary/aromatic N) is 2. The number of amides is 1. The number of carbonyl (C=O) groups is 2. The Morgan fingerprint density at radius 3 is 2.25 bits per heavy atom. The predicted molar refractivity (Wildman–Crippen MR) is 119 cm³/mol. The zero-order valence-electron chi connectivity index (χ0n) is 17.5. The molecule has 0 fully saturated rings. The van der Waals surface area contributed by atoms with Gasteiger partial charge in [-0.25, -0.2) is 0 Å². The maximum atomic E-state index is 13.3. The molecule has 32 heavy (non-hydrogen) atoms. The fourth-order valence-electron chi connectivity index (χ4n) is 4.00. The Balaban J connectivity index is 1.62. The summed E-state index contributed by atoms with van der Waals surface area (Å²) in [5.41, 5.74) is 1.09. The zero-order chi connectivity index (χ0) is 22.9. The monoisotopic (exact) mass is 430 g/mol. The number of aliphatic hydroxyl groups is 1. The van der Waals surface area contributed by atoms with Gasteiger partial charge in [0, 0.05) is 23.3 Å². The summed E-state index contributed by atoms with van der Waals surface area (Å²) in [7, 11) is 0. The smallest absolute Gasteiger partial charge is 0.269 e. The van der Waals surface area contributed by atoms with Crippen LogP contribution < -0.4 is 4.90 Å². The summed E-state index contributed by atoms with van der Waals surface area (Å²) < 4.78 is 0. The second-order valence-corrected chi connectivity index (χ2v) is 7.84. The zero-order valence-corrected chi connectivity index (χ0v) is 17.5. The molecule has 1 unspecified atom stereocenters. The molecule has 7 heteroatoms. The number of carbonyl (C=O) groups excluding carboxylic acids is 2. The fraction of sp³-hybridized carbons (Fsp3) is 0.200. The van der Waals surface area contributed by atoms with E-state index < -0.39 is 16.4 Å². The van der Waals surface area contributed by atoms with Crippen LogP contribution in [0.1, 0.15) is 40.4 Å². The number of Topliss-reactive ketones (excluding diaryl/α,β-unsaturated/α-hetero) is 1. The van der Waals surface area contributed by atoms with E-state index in [1.54, 1.807) is 48.5 Å². The standard InChI is InChI=1S/C25H22N2O5/c1-2-17-7-11-19(12-8-17)23(28)15-25(30)21-5-3-4-6-22(21)26(24(25)29)16-18-9-13-20(14-10-18)27(31)32/h3-14,30H,2,15-16H2,1H3. The second-order valence-electron chi connectivity index (χ2n) is 7.84. The van der Waals surface area contributed by atoms with Crippen molar-refractivity contribution in [3.8, 4) is 0 Å². The quantitative estimate of drug-likeness (QED) is 0.345. The Morgan fingerprint density at radius 2 is 1.62 bits per heavy atom. The first-order valence-electron chi connectivity index (χ1n) is 10.3. The Kier molecular flexibility index (Phi) is 5.59. The van der Waals surface area contributed by atoms with Crippen LogP contribution in [0, 0.1) is 10.1 Å². The van der Waals surface area contributed by atoms with Gasteiger partial charge in [-0.05, 0) is 23.6 Å². The molecule has 0 saturated carbocycles. The molecule has 1 amide bonds. The number of anilines is 1. The van der Waals surface area contributed by atoms with Gasteiger partial charge in [-0.15, -0.1) is 0 Å². The number of nitro benzene ring substituents is 1. The van der Waals surface area contributed by atoms with E-state index in [0.717, 1.165) is 12.0 Å². The van der Waals surface area contributed by atoms with Crippen LogP contribution in [0.15, 0.2) is 72.8 Å². The van der Waals surface area contributed by atoms with Crippen LogP contribution in [0.5, 0.6) is 0 Å². The van der Waals surface area contributed by atoms with Gasteiger partial charge in [-0.1, -0.05) is 61.5 Å². The molecule has 1 heterocycles. The Labute approximate surface area is 185 Å². The van der Waals surface area contributed by atoms with E-state index >= 15 is 0 Å². The molecular formula is C25H22N2O5. The number of nitro groups is 1. The molecule has 0 saturated heterocycles. The number of hydrogen-bond donors (Lipinski definition) is 1. The lowest BCUT2D eigenvalue weighted by atomic mass is 9.88. The summed E-state index contributed by atoms with van der Waals surface area (Å²) in [5.74, 6) is -0.911. The van der Waals surface area contributed by atoms with Crippen molar-refractivity contribution in [3.63, 3.8) is 0 Å². The number of para-hydroxylation sites is 1. The van der Waals surface area contributed by atoms with Gasteiger partial charge in [0.05, 0.1) is 23.6 Å². The third-order valence-corrected chi connectivity index (χ3v) is 5.83. The third kappa shape index (κ3) is 3.78. The first-order chi connectivity index (χ1) is 15.3. The van der Waals surface area contributed by atoms with Crippen molar-refractivity contribution in [1.29, 1.82) is 0 Å². The van der Waals surface area contributed by atoms with E-state index in [0.29, 0.717) is 22.4 Å². The lowest BCUT2D eigenvalue weighted by molar-refractivity contribution is -0.384. The van der Waals surface area contributed by atoms with Crippen molar-refractivity contribution >= 4 is 23.1 Å². The van der Waals surface area contributed by atoms with Crippen LogP contribution in [0.3, 0.4) is 0 Å². The molecule has 0 bridgehead atoms. The minimum atomic E-state index is -1.97. The number of rotatable bonds is 7. The van der Waals surface area contributed by atoms with Crippen LogP contribution in [-0.4, -0.2) is 21.7 Å². The Morgan fingerprint density at radius 1 is 1.00 bits per heavy atom. The van der Waals surface area contributed by atoms with E-state index in [-0.39, 0.29) is 24.4 Å². The SMILES string of the molecule is CCc1ccc(C(=O)CC2(O)C(=O)N(Cc3ccc([N+](=O)[O-])cc3)c3ccccc32)cc1. The molecule has 162 valence electrons. The molecule has 1 aliphatic rings. The van der Waals surface area contributed by atoms with Crippen molar-refractivity contribution in [2.45, 2.75) is 31.9 Å². The number of benzene rings is 3. The van der Waals surface area contributed by atoms with Crippen molar-refractivity contribution in [2.24, 2.45) is 0 Å². The molecule has 7 nitrogen and oxygen atoms in total. The summed E-state index contributed by atoms with van der Waals surface area (Å²) in [6.07, 6.45) is 0.479. The van der Waals surface area contributed by atoms with Gasteiger partial charge >= 0.3 is 0 Å². The van der Waals surface area contributed by atoms with E-state index in [9.17, 15) is 24.8 Å². The molecule has 3 aromatic rings. The fourth-order valence-corrected chi connectivity index (χ4v) is 4.00. The van der Waals surface area contributed by atoms with Gasteiger partial charge in [-0.2, -0.15) is 0 Å². The van der Waals surface area contributed by atoms with Gasteiger partial charge in [0.2, 0.25) is 0 Å². The summed E-state index contributed by atoms with van der Waals surface area (Å²) in [4.78, 5) is 38.1. The summed E-state index contributed by atoms with van der Waals surface area (Å²) in [6, 6.07) is 19.9. The van der Waals surface area contributed by atoms with Crippen molar-refractivity contribution in [2.75, 3.05) is 4.90 Å². The number of fused-ring (bicyclic) bond motifs is 1. The van der Waals surface area contributed by atoms with Gasteiger partial charge < -0.3 is 10.0 Å². The maximum Gasteiger partial charge on any atom is 0.269 e. The number of non-ortho nitro benzene ring substituents is 1. The molecule has 0 aliphatic carbocycles. The lowest BCUT2D eigenvalue weighted by Gasteiger charge is -2.23. The highest BCUT2D eigenvalue weighted by Crippen LogP contribution is 2.43. The molecule has 0 aromatic heterocycles. The summed E-state index contributed by atoms with van der Waals surface area (Å²) in [5, 5.41) is 22.3. The minimum absolute atomic E-state index is 0.0434. The normalized spacial score (nSPS) is 17.3. The van der Waals surface area contributed by atoms with Crippen LogP contribution in [0.2, 0.25) is 0 Å². The second kappa shape index (κ2) is 8.36. The van der Waals surface area contributed by atoms with E-state index in [1.807, 2.05) is 19.1 Å². The highest BCUT2D eigenvalue weighted by atomic mass is 16.6. The van der Waals surface area contributed by atoms with Crippen LogP contribution in [0.25, 0.3) is 0 Å². The molecule has 0 spiro atoms. The molecule has 1 atom stereocenters. The van der Waals surface area contributed by atoms with Crippen molar-refractivity contribution in [1.82, 2.24) is 0 Å². The van der Waals surface area contributed by atoms with Gasteiger partial charge in [-0.3, -0.25) is 19.7 Å². The lowest BCUT2D eigenvalue weighted by Crippen LogP contribution is -2.41. The van der Waals surface area contributed by atoms with Crippen molar-refractivity contribution in [3.05, 3.63) is 105 Å². The van der Waals surface area contributed by atoms with Crippen LogP contribution in [0.4, 0.5) is 11.4 Å². The molecule has 3 aromatic carbocycles. The number of hydrogen-bond acceptors (Lipinski definition) is 5. The molecule has 4 rings (SSSR count). The Hall–Kier alpha value is -3.84. The van der Waals surface area contributed by atoms with E-state index in [1.165, 1.54) is 17.0 Å². The first-order valence-corrected chi connectivity index (χ1v) is 10.3. The number of aryl methyl sites for hydroxylation is 1. The average Bonchev–Trinajstić information content (AvgIpc) is 3.01. The van der Waals surface area contributed by atoms with Crippen molar-refractivity contribution < 1.29 is 19.6 Å². The first kappa shape index (κ1) is 21.4. The highest BCUT2D eigenvalue weighted by Gasteiger charge is 2.50. The predicted octanol–water partition coefficient (Wildman–Crippen LogP) is 4.16. The maximum absolute atomic E-state index is 13.3. The van der Waals surface area contributed by atoms with E-state index in [2.05, 4.69) is 0 Å². The Bertz CT molecular complexity index is 1190.